The SMILES string of the molecule is COc1cc(C=CCNC(=O)OCc2ccccc2)cc(F)c1F. The Bertz CT molecular complexity index is 718. The number of nitrogens with one attached hydrogen (secondary N) is 1. The third-order valence-corrected chi connectivity index (χ3v) is 3.12. The molecule has 6 heteroatoms. The van der Waals surface area contributed by atoms with Crippen LogP contribution in [-0.4, -0.2) is 19.7 Å². The van der Waals surface area contributed by atoms with Gasteiger partial charge in [-0.1, -0.05) is 42.5 Å². The first-order chi connectivity index (χ1) is 11.6. The normalized spacial score (nSPS) is 10.6. The largest absolute Gasteiger partial charge is 0.494 e. The zero-order valence-corrected chi connectivity index (χ0v) is 13.1. The van der Waals surface area contributed by atoms with Crippen LogP contribution in [0.4, 0.5) is 13.6 Å². The summed E-state index contributed by atoms with van der Waals surface area (Å²) >= 11 is 0. The molecule has 126 valence electrons. The summed E-state index contributed by atoms with van der Waals surface area (Å²) in [5, 5.41) is 2.53. The molecule has 0 atom stereocenters. The van der Waals surface area contributed by atoms with Crippen LogP contribution < -0.4 is 10.1 Å². The first-order valence-corrected chi connectivity index (χ1v) is 7.24. The van der Waals surface area contributed by atoms with E-state index in [1.54, 1.807) is 12.2 Å². The van der Waals surface area contributed by atoms with E-state index in [1.165, 1.54) is 13.2 Å². The summed E-state index contributed by atoms with van der Waals surface area (Å²) in [6.45, 7) is 0.367. The standard InChI is InChI=1S/C18H17F2NO3/c1-23-16-11-14(10-15(19)17(16)20)8-5-9-21-18(22)24-12-13-6-3-2-4-7-13/h2-8,10-11H,9,12H2,1H3,(H,21,22). The van der Waals surface area contributed by atoms with Crippen molar-refractivity contribution in [1.82, 2.24) is 5.32 Å². The lowest BCUT2D eigenvalue weighted by Gasteiger charge is -2.06. The van der Waals surface area contributed by atoms with Gasteiger partial charge in [-0.05, 0) is 23.3 Å². The molecule has 0 saturated carbocycles. The fourth-order valence-corrected chi connectivity index (χ4v) is 1.94. The van der Waals surface area contributed by atoms with E-state index < -0.39 is 17.7 Å². The lowest BCUT2D eigenvalue weighted by atomic mass is 10.2. The van der Waals surface area contributed by atoms with E-state index in [-0.39, 0.29) is 18.9 Å². The monoisotopic (exact) mass is 333 g/mol. The predicted octanol–water partition coefficient (Wildman–Crippen LogP) is 3.91. The Labute approximate surface area is 138 Å². The average Bonchev–Trinajstić information content (AvgIpc) is 2.60. The number of alkyl carbamates (subject to hydrolysis) is 1. The van der Waals surface area contributed by atoms with Gasteiger partial charge >= 0.3 is 6.09 Å². The van der Waals surface area contributed by atoms with E-state index in [2.05, 4.69) is 5.32 Å². The van der Waals surface area contributed by atoms with E-state index in [0.29, 0.717) is 5.56 Å². The molecule has 0 unspecified atom stereocenters. The van der Waals surface area contributed by atoms with Crippen LogP contribution in [0.1, 0.15) is 11.1 Å². The zero-order valence-electron chi connectivity index (χ0n) is 13.1. The Morgan fingerprint density at radius 1 is 1.21 bits per heavy atom. The lowest BCUT2D eigenvalue weighted by molar-refractivity contribution is 0.141. The number of carbonyl (C=O) groups excluding carboxylic acids is 1. The van der Waals surface area contributed by atoms with Crippen molar-refractivity contribution in [2.75, 3.05) is 13.7 Å². The van der Waals surface area contributed by atoms with Crippen LogP contribution in [0.5, 0.6) is 5.75 Å². The van der Waals surface area contributed by atoms with Gasteiger partial charge in [-0.15, -0.1) is 0 Å². The predicted molar refractivity (Wildman–Crippen MR) is 86.6 cm³/mol. The maximum absolute atomic E-state index is 13.3. The second-order valence-corrected chi connectivity index (χ2v) is 4.86. The fourth-order valence-electron chi connectivity index (χ4n) is 1.94. The molecule has 2 rings (SSSR count). The number of ether oxygens (including phenoxy) is 2. The molecule has 0 bridgehead atoms. The molecule has 2 aromatic rings. The van der Waals surface area contributed by atoms with Crippen LogP contribution >= 0.6 is 0 Å². The highest BCUT2D eigenvalue weighted by Crippen LogP contribution is 2.22. The summed E-state index contributed by atoms with van der Waals surface area (Å²) in [5.41, 5.74) is 1.31. The number of hydrogen-bond acceptors (Lipinski definition) is 3. The van der Waals surface area contributed by atoms with E-state index in [4.69, 9.17) is 9.47 Å². The maximum atomic E-state index is 13.3. The number of benzene rings is 2. The molecule has 4 nitrogen and oxygen atoms in total. The van der Waals surface area contributed by atoms with Crippen molar-refractivity contribution in [1.29, 1.82) is 0 Å². The van der Waals surface area contributed by atoms with Crippen LogP contribution in [0.15, 0.2) is 48.5 Å². The molecule has 0 heterocycles. The molecule has 24 heavy (non-hydrogen) atoms. The summed E-state index contributed by atoms with van der Waals surface area (Å²) in [4.78, 5) is 11.5. The highest BCUT2D eigenvalue weighted by atomic mass is 19.2. The lowest BCUT2D eigenvalue weighted by Crippen LogP contribution is -2.24. The minimum absolute atomic E-state index is 0.176. The van der Waals surface area contributed by atoms with Gasteiger partial charge in [0.05, 0.1) is 7.11 Å². The Kier molecular flexibility index (Phi) is 6.31. The van der Waals surface area contributed by atoms with Crippen molar-refractivity contribution < 1.29 is 23.0 Å². The summed E-state index contributed by atoms with van der Waals surface area (Å²) in [6, 6.07) is 11.7. The van der Waals surface area contributed by atoms with Gasteiger partial charge in [-0.3, -0.25) is 0 Å². The molecule has 0 aromatic heterocycles. The summed E-state index contributed by atoms with van der Waals surface area (Å²) < 4.78 is 36.4. The van der Waals surface area contributed by atoms with Crippen LogP contribution in [0.25, 0.3) is 6.08 Å². The summed E-state index contributed by atoms with van der Waals surface area (Å²) in [6.07, 6.45) is 2.57. The number of carbonyl (C=O) groups is 1. The van der Waals surface area contributed by atoms with Crippen molar-refractivity contribution in [2.24, 2.45) is 0 Å². The van der Waals surface area contributed by atoms with Gasteiger partial charge in [0.25, 0.3) is 0 Å². The molecular weight excluding hydrogens is 316 g/mol. The van der Waals surface area contributed by atoms with Crippen molar-refractivity contribution >= 4 is 12.2 Å². The van der Waals surface area contributed by atoms with Crippen molar-refractivity contribution in [2.45, 2.75) is 6.61 Å². The van der Waals surface area contributed by atoms with Crippen LogP contribution in [0.2, 0.25) is 0 Å². The first-order valence-electron chi connectivity index (χ1n) is 7.24. The molecular formula is C18H17F2NO3. The third kappa shape index (κ3) is 5.08. The van der Waals surface area contributed by atoms with Gasteiger partial charge in [-0.25, -0.2) is 9.18 Å². The van der Waals surface area contributed by atoms with Gasteiger partial charge in [0.15, 0.2) is 11.6 Å². The van der Waals surface area contributed by atoms with E-state index >= 15 is 0 Å². The third-order valence-electron chi connectivity index (χ3n) is 3.12. The topological polar surface area (TPSA) is 47.6 Å². The summed E-state index contributed by atoms with van der Waals surface area (Å²) in [5.74, 6) is -2.20. The highest BCUT2D eigenvalue weighted by Gasteiger charge is 2.09. The van der Waals surface area contributed by atoms with E-state index in [1.807, 2.05) is 30.3 Å². The van der Waals surface area contributed by atoms with Crippen molar-refractivity contribution in [3.05, 3.63) is 71.3 Å². The fraction of sp³-hybridized carbons (Fsp3) is 0.167. The molecule has 1 amide bonds. The highest BCUT2D eigenvalue weighted by molar-refractivity contribution is 5.67. The second-order valence-electron chi connectivity index (χ2n) is 4.86. The number of rotatable bonds is 6. The van der Waals surface area contributed by atoms with Crippen LogP contribution in [0, 0.1) is 11.6 Å². The molecule has 0 spiro atoms. The Morgan fingerprint density at radius 2 is 1.96 bits per heavy atom. The molecule has 0 aliphatic heterocycles. The Hall–Kier alpha value is -2.89. The second kappa shape index (κ2) is 8.67. The average molecular weight is 333 g/mol. The van der Waals surface area contributed by atoms with Crippen molar-refractivity contribution in [3.8, 4) is 5.75 Å². The maximum Gasteiger partial charge on any atom is 0.407 e. The quantitative estimate of drug-likeness (QED) is 0.872. The summed E-state index contributed by atoms with van der Waals surface area (Å²) in [7, 11) is 1.26. The van der Waals surface area contributed by atoms with E-state index in [0.717, 1.165) is 11.6 Å². The van der Waals surface area contributed by atoms with Crippen molar-refractivity contribution in [3.63, 3.8) is 0 Å². The Morgan fingerprint density at radius 3 is 2.67 bits per heavy atom. The molecule has 0 saturated heterocycles. The number of methoxy groups -OCH3 is 1. The zero-order chi connectivity index (χ0) is 17.4. The van der Waals surface area contributed by atoms with Gasteiger partial charge in [-0.2, -0.15) is 4.39 Å². The van der Waals surface area contributed by atoms with Crippen LogP contribution in [-0.2, 0) is 11.3 Å². The Balaban J connectivity index is 1.80. The molecule has 0 fully saturated rings. The van der Waals surface area contributed by atoms with Crippen LogP contribution in [0.3, 0.4) is 0 Å². The van der Waals surface area contributed by atoms with E-state index in [9.17, 15) is 13.6 Å². The minimum Gasteiger partial charge on any atom is -0.494 e. The first kappa shape index (κ1) is 17.5. The van der Waals surface area contributed by atoms with Gasteiger partial charge in [0.1, 0.15) is 6.61 Å². The molecule has 0 aliphatic rings. The molecule has 0 aliphatic carbocycles. The minimum atomic E-state index is -1.03. The number of amides is 1. The van der Waals surface area contributed by atoms with Gasteiger partial charge < -0.3 is 14.8 Å². The molecule has 2 aromatic carbocycles. The van der Waals surface area contributed by atoms with Gasteiger partial charge in [0.2, 0.25) is 5.82 Å². The smallest absolute Gasteiger partial charge is 0.407 e. The molecule has 1 N–H and O–H groups in total. The molecule has 0 radical (unpaired) electrons. The van der Waals surface area contributed by atoms with Gasteiger partial charge in [0, 0.05) is 6.54 Å². The number of halogens is 2. The number of hydrogen-bond donors (Lipinski definition) is 1.